The van der Waals surface area contributed by atoms with Crippen LogP contribution in [0.25, 0.3) is 10.9 Å². The predicted molar refractivity (Wildman–Crippen MR) is 91.7 cm³/mol. The number of para-hydroxylation sites is 1. The Morgan fingerprint density at radius 1 is 1.36 bits per heavy atom. The molecule has 7 heteroatoms. The fourth-order valence-corrected chi connectivity index (χ4v) is 4.18. The van der Waals surface area contributed by atoms with Crippen molar-refractivity contribution in [3.05, 3.63) is 35.5 Å². The van der Waals surface area contributed by atoms with Gasteiger partial charge in [-0.2, -0.15) is 0 Å². The third-order valence-corrected chi connectivity index (χ3v) is 5.46. The molecule has 0 bridgehead atoms. The summed E-state index contributed by atoms with van der Waals surface area (Å²) in [6.45, 7) is 4.94. The van der Waals surface area contributed by atoms with Crippen LogP contribution in [0.4, 0.5) is 5.13 Å². The number of aryl methyl sites for hydroxylation is 1. The standard InChI is InChI=1S/C15H16N4OS2/c1-3-19-9(2)13(10-6-4-5-7-11(10)19)12(20)8-21-15-18-17-14(16)22-15/h4-7H,3,8H2,1-2H3,(H2,16,17). The number of ketones is 1. The van der Waals surface area contributed by atoms with Crippen LogP contribution >= 0.6 is 23.1 Å². The summed E-state index contributed by atoms with van der Waals surface area (Å²) in [6.07, 6.45) is 0. The number of hydrogen-bond acceptors (Lipinski definition) is 6. The number of rotatable bonds is 5. The number of thioether (sulfide) groups is 1. The van der Waals surface area contributed by atoms with E-state index in [4.69, 9.17) is 5.73 Å². The number of nitrogen functional groups attached to an aromatic ring is 1. The van der Waals surface area contributed by atoms with Gasteiger partial charge in [-0.1, -0.05) is 41.3 Å². The zero-order valence-corrected chi connectivity index (χ0v) is 14.0. The topological polar surface area (TPSA) is 73.8 Å². The molecule has 114 valence electrons. The van der Waals surface area contributed by atoms with Crippen LogP contribution in [-0.4, -0.2) is 26.3 Å². The Morgan fingerprint density at radius 2 is 2.14 bits per heavy atom. The highest BCUT2D eigenvalue weighted by Gasteiger charge is 2.19. The van der Waals surface area contributed by atoms with Crippen LogP contribution in [0, 0.1) is 6.92 Å². The second-order valence-corrected chi connectivity index (χ2v) is 7.07. The highest BCUT2D eigenvalue weighted by atomic mass is 32.2. The van der Waals surface area contributed by atoms with Crippen molar-refractivity contribution in [2.75, 3.05) is 11.5 Å². The van der Waals surface area contributed by atoms with Crippen molar-refractivity contribution in [2.45, 2.75) is 24.7 Å². The molecule has 3 rings (SSSR count). The maximum Gasteiger partial charge on any atom is 0.203 e. The van der Waals surface area contributed by atoms with E-state index in [0.29, 0.717) is 10.9 Å². The van der Waals surface area contributed by atoms with Crippen molar-refractivity contribution in [3.8, 4) is 0 Å². The van der Waals surface area contributed by atoms with Gasteiger partial charge in [-0.15, -0.1) is 10.2 Å². The summed E-state index contributed by atoms with van der Waals surface area (Å²) in [4.78, 5) is 12.7. The molecule has 0 spiro atoms. The minimum Gasteiger partial charge on any atom is -0.374 e. The molecule has 2 heterocycles. The maximum atomic E-state index is 12.7. The van der Waals surface area contributed by atoms with Crippen LogP contribution in [0.1, 0.15) is 23.0 Å². The van der Waals surface area contributed by atoms with Crippen molar-refractivity contribution in [1.82, 2.24) is 14.8 Å². The van der Waals surface area contributed by atoms with Crippen molar-refractivity contribution in [1.29, 1.82) is 0 Å². The number of carbonyl (C=O) groups is 1. The number of fused-ring (bicyclic) bond motifs is 1. The van der Waals surface area contributed by atoms with Crippen LogP contribution in [0.15, 0.2) is 28.6 Å². The molecule has 0 fully saturated rings. The smallest absolute Gasteiger partial charge is 0.203 e. The second kappa shape index (κ2) is 6.10. The highest BCUT2D eigenvalue weighted by Crippen LogP contribution is 2.29. The van der Waals surface area contributed by atoms with Crippen molar-refractivity contribution in [3.63, 3.8) is 0 Å². The molecule has 0 atom stereocenters. The molecule has 0 saturated carbocycles. The molecule has 0 radical (unpaired) electrons. The van der Waals surface area contributed by atoms with Crippen LogP contribution in [0.5, 0.6) is 0 Å². The number of hydrogen-bond donors (Lipinski definition) is 1. The van der Waals surface area contributed by atoms with E-state index in [1.54, 1.807) is 0 Å². The average Bonchev–Trinajstić information content (AvgIpc) is 3.05. The summed E-state index contributed by atoms with van der Waals surface area (Å²) in [5, 5.41) is 9.14. The van der Waals surface area contributed by atoms with Crippen LogP contribution in [-0.2, 0) is 6.54 Å². The molecule has 0 aliphatic heterocycles. The number of anilines is 1. The van der Waals surface area contributed by atoms with Gasteiger partial charge in [-0.3, -0.25) is 4.79 Å². The van der Waals surface area contributed by atoms with Crippen molar-refractivity contribution < 1.29 is 4.79 Å². The first-order valence-electron chi connectivity index (χ1n) is 6.94. The minimum atomic E-state index is 0.111. The molecule has 3 aromatic rings. The van der Waals surface area contributed by atoms with Crippen LogP contribution in [0.2, 0.25) is 0 Å². The zero-order chi connectivity index (χ0) is 15.7. The fourth-order valence-electron chi connectivity index (χ4n) is 2.67. The van der Waals surface area contributed by atoms with Gasteiger partial charge in [0.2, 0.25) is 5.13 Å². The molecule has 22 heavy (non-hydrogen) atoms. The van der Waals surface area contributed by atoms with Crippen LogP contribution < -0.4 is 5.73 Å². The maximum absolute atomic E-state index is 12.7. The molecule has 1 aromatic carbocycles. The van der Waals surface area contributed by atoms with Gasteiger partial charge in [-0.25, -0.2) is 0 Å². The van der Waals surface area contributed by atoms with E-state index in [-0.39, 0.29) is 5.78 Å². The Balaban J connectivity index is 1.92. The third-order valence-electron chi connectivity index (χ3n) is 3.57. The lowest BCUT2D eigenvalue weighted by atomic mass is 10.1. The first kappa shape index (κ1) is 15.1. The number of benzene rings is 1. The van der Waals surface area contributed by atoms with Gasteiger partial charge in [-0.05, 0) is 19.9 Å². The quantitative estimate of drug-likeness (QED) is 0.573. The SMILES string of the molecule is CCn1c(C)c(C(=O)CSc2nnc(N)s2)c2ccccc21. The lowest BCUT2D eigenvalue weighted by molar-refractivity contribution is 0.102. The van der Waals surface area contributed by atoms with Gasteiger partial charge < -0.3 is 10.3 Å². The van der Waals surface area contributed by atoms with Gasteiger partial charge in [0.15, 0.2) is 10.1 Å². The molecule has 2 N–H and O–H groups in total. The van der Waals surface area contributed by atoms with E-state index in [1.165, 1.54) is 23.1 Å². The first-order chi connectivity index (χ1) is 10.6. The predicted octanol–water partition coefficient (Wildman–Crippen LogP) is 3.38. The van der Waals surface area contributed by atoms with Gasteiger partial charge in [0, 0.05) is 28.7 Å². The fraction of sp³-hybridized carbons (Fsp3) is 0.267. The van der Waals surface area contributed by atoms with E-state index >= 15 is 0 Å². The summed E-state index contributed by atoms with van der Waals surface area (Å²) in [5.41, 5.74) is 8.49. The van der Waals surface area contributed by atoms with E-state index in [9.17, 15) is 4.79 Å². The molecule has 0 saturated heterocycles. The summed E-state index contributed by atoms with van der Waals surface area (Å²) in [7, 11) is 0. The molecule has 5 nitrogen and oxygen atoms in total. The third kappa shape index (κ3) is 2.62. The minimum absolute atomic E-state index is 0.111. The molecule has 0 amide bonds. The number of carbonyl (C=O) groups excluding carboxylic acids is 1. The Bertz CT molecular complexity index is 837. The molecular formula is C15H16N4OS2. The van der Waals surface area contributed by atoms with Crippen LogP contribution in [0.3, 0.4) is 0 Å². The van der Waals surface area contributed by atoms with Gasteiger partial charge >= 0.3 is 0 Å². The van der Waals surface area contributed by atoms with E-state index in [0.717, 1.165) is 33.0 Å². The highest BCUT2D eigenvalue weighted by molar-refractivity contribution is 8.01. The zero-order valence-electron chi connectivity index (χ0n) is 12.4. The number of aromatic nitrogens is 3. The molecule has 0 aliphatic carbocycles. The Kier molecular flexibility index (Phi) is 4.17. The average molecular weight is 332 g/mol. The van der Waals surface area contributed by atoms with E-state index in [2.05, 4.69) is 27.8 Å². The van der Waals surface area contributed by atoms with Gasteiger partial charge in [0.25, 0.3) is 0 Å². The monoisotopic (exact) mass is 332 g/mol. The Labute approximate surface area is 136 Å². The van der Waals surface area contributed by atoms with Crippen molar-refractivity contribution in [2.24, 2.45) is 0 Å². The van der Waals surface area contributed by atoms with Crippen molar-refractivity contribution >= 4 is 44.9 Å². The summed E-state index contributed by atoms with van der Waals surface area (Å²) < 4.78 is 2.90. The normalized spacial score (nSPS) is 11.2. The van der Waals surface area contributed by atoms with E-state index in [1.807, 2.05) is 25.1 Å². The summed E-state index contributed by atoms with van der Waals surface area (Å²) in [6, 6.07) is 8.04. The Hall–Kier alpha value is -1.86. The number of nitrogens with zero attached hydrogens (tertiary/aromatic N) is 3. The lowest BCUT2D eigenvalue weighted by Gasteiger charge is -2.04. The number of Topliss-reactive ketones (excluding diaryl/α,β-unsaturated/α-hetero) is 1. The number of nitrogens with two attached hydrogens (primary N) is 1. The largest absolute Gasteiger partial charge is 0.374 e. The molecule has 0 aliphatic rings. The van der Waals surface area contributed by atoms with E-state index < -0.39 is 0 Å². The van der Waals surface area contributed by atoms with Gasteiger partial charge in [0.05, 0.1) is 5.75 Å². The first-order valence-corrected chi connectivity index (χ1v) is 8.74. The lowest BCUT2D eigenvalue weighted by Crippen LogP contribution is -2.05. The van der Waals surface area contributed by atoms with Gasteiger partial charge in [0.1, 0.15) is 0 Å². The molecule has 2 aromatic heterocycles. The summed E-state index contributed by atoms with van der Waals surface area (Å²) >= 11 is 2.69. The molecular weight excluding hydrogens is 316 g/mol. The summed E-state index contributed by atoms with van der Waals surface area (Å²) in [5.74, 6) is 0.451. The Morgan fingerprint density at radius 3 is 2.82 bits per heavy atom. The second-order valence-electron chi connectivity index (χ2n) is 4.84. The molecule has 0 unspecified atom stereocenters.